The Hall–Kier alpha value is -2.85. The first-order valence-corrected chi connectivity index (χ1v) is 18.3. The van der Waals surface area contributed by atoms with Crippen LogP contribution in [0.2, 0.25) is 0 Å². The maximum Gasteiger partial charge on any atom is -0.0134 e. The van der Waals surface area contributed by atoms with E-state index in [0.29, 0.717) is 0 Å². The molecule has 0 fully saturated rings. The van der Waals surface area contributed by atoms with Crippen molar-refractivity contribution < 1.29 is 55.5 Å². The van der Waals surface area contributed by atoms with Crippen LogP contribution in [0.1, 0.15) is 6.42 Å². The summed E-state index contributed by atoms with van der Waals surface area (Å²) >= 11 is 2.59. The minimum absolute atomic E-state index is 0. The van der Waals surface area contributed by atoms with Crippen LogP contribution in [0.4, 0.5) is 0 Å². The first-order chi connectivity index (χ1) is 21.8. The number of benzene rings is 6. The molecule has 1 aliphatic carbocycles. The van der Waals surface area contributed by atoms with E-state index < -0.39 is 15.8 Å². The van der Waals surface area contributed by atoms with Gasteiger partial charge in [-0.15, -0.1) is 0 Å². The second-order valence-corrected chi connectivity index (χ2v) is 15.5. The third-order valence-electron chi connectivity index (χ3n) is 6.80. The standard InChI is InChI=1S/2C18H15P.C5H5.3ClH.Ru/c2*1-4-10-16(11-5-1)19(17-12-6-2-7-13-17)18-14-8-3-9-15-18;1-2-4-5-3-1;;;;/h2*1-15H;1-3H,4H2;3*1H;/q;;;;;;+3/p-3. The maximum atomic E-state index is 2.59. The zero-order valence-electron chi connectivity index (χ0n) is 25.6. The fraction of sp³-hybridized carbons (Fsp3) is 0.0244. The normalized spacial score (nSPS) is 10.9. The molecular formula is C41H35Cl3P2Ru. The van der Waals surface area contributed by atoms with Gasteiger partial charge >= 0.3 is 47.1 Å². The van der Waals surface area contributed by atoms with Crippen molar-refractivity contribution in [3.05, 3.63) is 204 Å². The molecular weight excluding hydrogens is 762 g/mol. The molecule has 0 spiro atoms. The summed E-state index contributed by atoms with van der Waals surface area (Å²) < 4.78 is 1.40. The number of rotatable bonds is 6. The van der Waals surface area contributed by atoms with Crippen molar-refractivity contribution in [1.82, 2.24) is 0 Å². The molecule has 0 bridgehead atoms. The van der Waals surface area contributed by atoms with Gasteiger partial charge in [-0.1, -0.05) is 182 Å². The Kier molecular flexibility index (Phi) is 19.5. The van der Waals surface area contributed by atoms with Crippen LogP contribution in [0.5, 0.6) is 0 Å². The van der Waals surface area contributed by atoms with Gasteiger partial charge in [0.15, 0.2) is 0 Å². The Morgan fingerprint density at radius 1 is 0.340 bits per heavy atom. The molecule has 0 atom stereocenters. The van der Waals surface area contributed by atoms with E-state index in [0.717, 1.165) is 6.42 Å². The van der Waals surface area contributed by atoms with E-state index >= 15 is 0 Å². The van der Waals surface area contributed by atoms with E-state index in [1.54, 1.807) is 0 Å². The van der Waals surface area contributed by atoms with Crippen molar-refractivity contribution in [2.24, 2.45) is 0 Å². The van der Waals surface area contributed by atoms with Gasteiger partial charge in [0.25, 0.3) is 0 Å². The molecule has 0 saturated heterocycles. The molecule has 0 heterocycles. The van der Waals surface area contributed by atoms with Crippen molar-refractivity contribution >= 4 is 47.7 Å². The molecule has 0 nitrogen and oxygen atoms in total. The van der Waals surface area contributed by atoms with Gasteiger partial charge in [0.05, 0.1) is 0 Å². The number of halogens is 3. The Balaban J connectivity index is 0.000000263. The zero-order chi connectivity index (χ0) is 30.2. The summed E-state index contributed by atoms with van der Waals surface area (Å²) in [7, 11) is -0.892. The number of allylic oxidation sites excluding steroid dienone is 4. The van der Waals surface area contributed by atoms with E-state index in [1.807, 2.05) is 0 Å². The minimum Gasteiger partial charge on any atom is -0.0622 e. The van der Waals surface area contributed by atoms with E-state index in [9.17, 15) is 0 Å². The van der Waals surface area contributed by atoms with Crippen molar-refractivity contribution in [3.8, 4) is 0 Å². The smallest absolute Gasteiger partial charge is 0.0134 e. The second-order valence-electron chi connectivity index (χ2n) is 9.91. The van der Waals surface area contributed by atoms with Crippen LogP contribution >= 0.6 is 15.8 Å². The van der Waals surface area contributed by atoms with Gasteiger partial charge in [0.1, 0.15) is 0 Å². The van der Waals surface area contributed by atoms with Crippen LogP contribution in [-0.2, 0) is 18.3 Å². The molecule has 6 aromatic carbocycles. The van der Waals surface area contributed by atoms with Gasteiger partial charge in [0, 0.05) is 0 Å². The molecule has 1 aliphatic rings. The van der Waals surface area contributed by atoms with Crippen molar-refractivity contribution in [3.63, 3.8) is 0 Å². The van der Waals surface area contributed by atoms with Crippen molar-refractivity contribution in [2.45, 2.75) is 6.42 Å². The maximum absolute atomic E-state index is 2.59. The average molecular weight is 797 g/mol. The quantitative estimate of drug-likeness (QED) is 0.155. The summed E-state index contributed by atoms with van der Waals surface area (Å²) in [5.74, 6) is 0. The molecule has 0 unspecified atom stereocenters. The van der Waals surface area contributed by atoms with Crippen molar-refractivity contribution in [2.75, 3.05) is 0 Å². The predicted molar refractivity (Wildman–Crippen MR) is 192 cm³/mol. The largest absolute Gasteiger partial charge is 0.0622 e. The first-order valence-electron chi connectivity index (χ1n) is 14.7. The third kappa shape index (κ3) is 12.6. The van der Waals surface area contributed by atoms with Crippen molar-refractivity contribution in [1.29, 1.82) is 0 Å². The summed E-state index contributed by atoms with van der Waals surface area (Å²) in [5.41, 5.74) is 0. The number of hydrogen-bond acceptors (Lipinski definition) is 0. The van der Waals surface area contributed by atoms with Crippen LogP contribution in [0.25, 0.3) is 0 Å². The van der Waals surface area contributed by atoms with E-state index in [4.69, 9.17) is 0 Å². The van der Waals surface area contributed by atoms with Crippen LogP contribution in [-0.4, -0.2) is 0 Å². The Morgan fingerprint density at radius 3 is 0.681 bits per heavy atom. The molecule has 0 saturated carbocycles. The van der Waals surface area contributed by atoms with Crippen LogP contribution in [0.15, 0.2) is 204 Å². The monoisotopic (exact) mass is 796 g/mol. The molecule has 238 valence electrons. The summed E-state index contributed by atoms with van der Waals surface area (Å²) in [4.78, 5) is 0. The Labute approximate surface area is 311 Å². The van der Waals surface area contributed by atoms with Gasteiger partial charge < -0.3 is 37.2 Å². The predicted octanol–water partition coefficient (Wildman–Crippen LogP) is -0.721. The molecule has 0 radical (unpaired) electrons. The molecule has 0 aromatic heterocycles. The van der Waals surface area contributed by atoms with Gasteiger partial charge in [-0.25, -0.2) is 0 Å². The Bertz CT molecular complexity index is 1410. The van der Waals surface area contributed by atoms with Gasteiger partial charge in [-0.3, -0.25) is 0 Å². The minimum atomic E-state index is -0.446. The second kappa shape index (κ2) is 22.7. The van der Waals surface area contributed by atoms with Gasteiger partial charge in [0.2, 0.25) is 0 Å². The zero-order valence-corrected chi connectivity index (χ0v) is 31.4. The molecule has 7 rings (SSSR count). The fourth-order valence-corrected chi connectivity index (χ4v) is 9.76. The first kappa shape index (κ1) is 40.3. The summed E-state index contributed by atoms with van der Waals surface area (Å²) in [6.45, 7) is 0. The van der Waals surface area contributed by atoms with Gasteiger partial charge in [-0.05, 0) is 47.7 Å². The molecule has 0 amide bonds. The molecule has 0 N–H and O–H groups in total. The van der Waals surface area contributed by atoms with Crippen LogP contribution < -0.4 is 69.0 Å². The van der Waals surface area contributed by atoms with E-state index in [-0.39, 0.29) is 37.2 Å². The fourth-order valence-electron chi connectivity index (χ4n) is 4.77. The molecule has 6 heteroatoms. The third-order valence-corrected chi connectivity index (χ3v) is 12.3. The SMILES string of the molecule is [Cl-].[Cl-].[Cl-].[Ru+3][C]1=CC=CC1.c1ccc(P(c2ccccc2)c2ccccc2)cc1.c1ccc(P(c2ccccc2)c2ccccc2)cc1. The van der Waals surface area contributed by atoms with Gasteiger partial charge in [-0.2, -0.15) is 0 Å². The average Bonchev–Trinajstić information content (AvgIpc) is 3.59. The van der Waals surface area contributed by atoms with Crippen LogP contribution in [0.3, 0.4) is 0 Å². The Morgan fingerprint density at radius 2 is 0.553 bits per heavy atom. The molecule has 0 aliphatic heterocycles. The molecule has 47 heavy (non-hydrogen) atoms. The summed E-state index contributed by atoms with van der Waals surface area (Å²) in [6, 6.07) is 64.7. The summed E-state index contributed by atoms with van der Waals surface area (Å²) in [6.07, 6.45) is 7.46. The topological polar surface area (TPSA) is 0 Å². The number of hydrogen-bond donors (Lipinski definition) is 0. The van der Waals surface area contributed by atoms with E-state index in [1.165, 1.54) is 36.0 Å². The van der Waals surface area contributed by atoms with E-state index in [2.05, 4.69) is 219 Å². The molecule has 6 aromatic rings. The van der Waals surface area contributed by atoms with Crippen LogP contribution in [0, 0.1) is 0 Å². The summed E-state index contributed by atoms with van der Waals surface area (Å²) in [5, 5.41) is 8.39.